The maximum atomic E-state index is 4.81. The van der Waals surface area contributed by atoms with Crippen LogP contribution in [0.2, 0.25) is 0 Å². The maximum Gasteiger partial charge on any atom is 0.250 e. The Morgan fingerprint density at radius 3 is 2.70 bits per heavy atom. The molecule has 0 aromatic carbocycles. The quantitative estimate of drug-likeness (QED) is 0.580. The summed E-state index contributed by atoms with van der Waals surface area (Å²) in [4.78, 5) is 6.11. The van der Waals surface area contributed by atoms with Gasteiger partial charge in [-0.25, -0.2) is 0 Å². The molecule has 1 heterocycles. The Hall–Kier alpha value is -1.06. The van der Waals surface area contributed by atoms with Gasteiger partial charge in [0.15, 0.2) is 5.16 Å². The second-order valence-electron chi connectivity index (χ2n) is 2.00. The Morgan fingerprint density at radius 1 is 1.70 bits per heavy atom. The molecule has 0 spiro atoms. The number of hydrogen-bond donors (Lipinski definition) is 0. The molecule has 0 N–H and O–H groups in total. The lowest BCUT2D eigenvalue weighted by molar-refractivity contribution is -1.02. The largest absolute Gasteiger partial charge is 0.305 e. The number of aryl methyl sites for hydroxylation is 1. The normalized spacial score (nSPS) is 9.90. The second-order valence-corrected chi connectivity index (χ2v) is 2.00. The zero-order valence-electron chi connectivity index (χ0n) is 6.42. The first-order valence-corrected chi connectivity index (χ1v) is 3.21. The first-order chi connectivity index (χ1) is 4.79. The number of rotatable bonds is 2. The molecule has 1 rings (SSSR count). The van der Waals surface area contributed by atoms with Gasteiger partial charge in [-0.3, -0.25) is 0 Å². The van der Waals surface area contributed by atoms with Crippen LogP contribution in [0.25, 0.3) is 0 Å². The highest BCUT2D eigenvalue weighted by atomic mass is 16.8. The number of aromatic nitrogens is 2. The van der Waals surface area contributed by atoms with E-state index in [0.29, 0.717) is 0 Å². The Balaban J connectivity index is 2.97. The molecule has 4 heteroatoms. The first kappa shape index (κ1) is 7.05. The van der Waals surface area contributed by atoms with Crippen LogP contribution in [0.5, 0.6) is 0 Å². The van der Waals surface area contributed by atoms with Crippen molar-refractivity contribution in [2.24, 2.45) is 0 Å². The molecular weight excluding hydrogens is 132 g/mol. The highest BCUT2D eigenvalue weighted by Crippen LogP contribution is 1.97. The summed E-state index contributed by atoms with van der Waals surface area (Å²) in [6.07, 6.45) is 0.867. The van der Waals surface area contributed by atoms with Crippen molar-refractivity contribution in [2.45, 2.75) is 20.3 Å². The Labute approximate surface area is 59.3 Å². The average molecular weight is 143 g/mol. The third-order valence-electron chi connectivity index (χ3n) is 1.42. The van der Waals surface area contributed by atoms with Gasteiger partial charge >= 0.3 is 0 Å². The molecule has 0 radical (unpaired) electrons. The molecule has 0 aliphatic carbocycles. The van der Waals surface area contributed by atoms with E-state index in [4.69, 9.17) is 9.47 Å². The fraction of sp³-hybridized carbons (Fsp3) is 0.667. The van der Waals surface area contributed by atoms with Gasteiger partial charge in [0.2, 0.25) is 5.69 Å². The van der Waals surface area contributed by atoms with Crippen LogP contribution in [-0.4, -0.2) is 12.3 Å². The van der Waals surface area contributed by atoms with E-state index < -0.39 is 0 Å². The predicted molar refractivity (Wildman–Crippen MR) is 33.3 cm³/mol. The summed E-state index contributed by atoms with van der Waals surface area (Å²) in [5, 5.41) is 3.77. The smallest absolute Gasteiger partial charge is 0.250 e. The zero-order valence-corrected chi connectivity index (χ0v) is 6.42. The van der Waals surface area contributed by atoms with Gasteiger partial charge in [-0.05, 0) is 4.63 Å². The molecule has 56 valence electrons. The minimum Gasteiger partial charge on any atom is -0.305 e. The van der Waals surface area contributed by atoms with Crippen LogP contribution in [0.15, 0.2) is 4.63 Å². The van der Waals surface area contributed by atoms with Crippen molar-refractivity contribution in [1.82, 2.24) is 5.16 Å². The topological polar surface area (TPSA) is 39.1 Å². The van der Waals surface area contributed by atoms with Gasteiger partial charge in [0.1, 0.15) is 12.0 Å². The minimum atomic E-state index is 0.867. The van der Waals surface area contributed by atoms with Crippen LogP contribution in [0.1, 0.15) is 18.3 Å². The molecule has 4 nitrogen and oxygen atoms in total. The van der Waals surface area contributed by atoms with E-state index in [1.54, 1.807) is 0 Å². The molecule has 0 bridgehead atoms. The minimum absolute atomic E-state index is 0.867. The van der Waals surface area contributed by atoms with Crippen molar-refractivity contribution in [2.75, 3.05) is 7.11 Å². The van der Waals surface area contributed by atoms with Gasteiger partial charge in [0.25, 0.3) is 5.69 Å². The van der Waals surface area contributed by atoms with E-state index in [9.17, 15) is 0 Å². The fourth-order valence-corrected chi connectivity index (χ4v) is 0.810. The molecule has 1 aromatic rings. The van der Waals surface area contributed by atoms with Gasteiger partial charge < -0.3 is 4.84 Å². The molecule has 0 saturated carbocycles. The maximum absolute atomic E-state index is 4.81. The first-order valence-electron chi connectivity index (χ1n) is 3.21. The van der Waals surface area contributed by atoms with Crippen LogP contribution >= 0.6 is 0 Å². The highest BCUT2D eigenvalue weighted by Gasteiger charge is 2.18. The predicted octanol–water partition coefficient (Wildman–Crippen LogP) is -0.109. The van der Waals surface area contributed by atoms with Gasteiger partial charge in [0, 0.05) is 13.3 Å². The Morgan fingerprint density at radius 2 is 2.40 bits per heavy atom. The summed E-state index contributed by atoms with van der Waals surface area (Å²) >= 11 is 0. The van der Waals surface area contributed by atoms with Gasteiger partial charge in [-0.2, -0.15) is 0 Å². The van der Waals surface area contributed by atoms with Crippen LogP contribution < -0.4 is 9.74 Å². The van der Waals surface area contributed by atoms with Crippen molar-refractivity contribution < 1.29 is 14.4 Å². The second kappa shape index (κ2) is 2.68. The highest BCUT2D eigenvalue weighted by molar-refractivity contribution is 4.98. The lowest BCUT2D eigenvalue weighted by Gasteiger charge is -1.84. The van der Waals surface area contributed by atoms with Crippen LogP contribution in [0.3, 0.4) is 0 Å². The molecule has 0 amide bonds. The molecule has 10 heavy (non-hydrogen) atoms. The van der Waals surface area contributed by atoms with Crippen molar-refractivity contribution in [3.63, 3.8) is 0 Å². The van der Waals surface area contributed by atoms with Gasteiger partial charge in [0.05, 0.1) is 0 Å². The monoisotopic (exact) mass is 143 g/mol. The average Bonchev–Trinajstić information content (AvgIpc) is 2.30. The lowest BCUT2D eigenvalue weighted by atomic mass is 10.3. The SMILES string of the molecule is CCc1no[n+](OC)c1C. The van der Waals surface area contributed by atoms with Gasteiger partial charge in [-0.1, -0.05) is 6.92 Å². The molecular formula is C6H11N2O2+. The summed E-state index contributed by atoms with van der Waals surface area (Å²) in [6, 6.07) is 0. The molecule has 0 unspecified atom stereocenters. The van der Waals surface area contributed by atoms with Crippen LogP contribution in [0.4, 0.5) is 0 Å². The van der Waals surface area contributed by atoms with Crippen molar-refractivity contribution in [3.05, 3.63) is 11.4 Å². The lowest BCUT2D eigenvalue weighted by Crippen LogP contribution is -2.41. The van der Waals surface area contributed by atoms with E-state index in [1.165, 1.54) is 12.0 Å². The van der Waals surface area contributed by atoms with E-state index in [2.05, 4.69) is 5.16 Å². The third kappa shape index (κ3) is 0.964. The molecule has 0 aliphatic rings. The van der Waals surface area contributed by atoms with E-state index in [0.717, 1.165) is 17.8 Å². The fourth-order valence-electron chi connectivity index (χ4n) is 0.810. The van der Waals surface area contributed by atoms with E-state index >= 15 is 0 Å². The molecule has 0 aliphatic heterocycles. The van der Waals surface area contributed by atoms with Crippen LogP contribution in [-0.2, 0) is 6.42 Å². The Kier molecular flexibility index (Phi) is 1.89. The summed E-state index contributed by atoms with van der Waals surface area (Å²) in [7, 11) is 1.54. The van der Waals surface area contributed by atoms with Crippen LogP contribution in [0, 0.1) is 6.92 Å². The summed E-state index contributed by atoms with van der Waals surface area (Å²) in [5.74, 6) is 0. The van der Waals surface area contributed by atoms with Crippen molar-refractivity contribution >= 4 is 0 Å². The summed E-state index contributed by atoms with van der Waals surface area (Å²) < 4.78 is 4.78. The number of hydrogen-bond acceptors (Lipinski definition) is 3. The van der Waals surface area contributed by atoms with E-state index in [-0.39, 0.29) is 0 Å². The molecule has 0 fully saturated rings. The molecule has 0 saturated heterocycles. The molecule has 0 atom stereocenters. The van der Waals surface area contributed by atoms with Crippen molar-refractivity contribution in [3.8, 4) is 0 Å². The standard InChI is InChI=1S/C6H11N2O2/c1-4-6-5(2)8(9-3)10-7-6/h4H2,1-3H3/q+1. The van der Waals surface area contributed by atoms with Gasteiger partial charge in [-0.15, -0.1) is 0 Å². The van der Waals surface area contributed by atoms with Crippen molar-refractivity contribution in [1.29, 1.82) is 0 Å². The van der Waals surface area contributed by atoms with E-state index in [1.807, 2.05) is 13.8 Å². The summed E-state index contributed by atoms with van der Waals surface area (Å²) in [5.41, 5.74) is 1.85. The zero-order chi connectivity index (χ0) is 7.56. The number of nitrogens with zero attached hydrogens (tertiary/aromatic N) is 2. The third-order valence-corrected chi connectivity index (χ3v) is 1.42. The Bertz CT molecular complexity index is 198. The molecule has 1 aromatic heterocycles. The summed E-state index contributed by atoms with van der Waals surface area (Å²) in [6.45, 7) is 3.92.